The number of nitrogens with zero attached hydrogens (tertiary/aromatic N) is 3. The van der Waals surface area contributed by atoms with Gasteiger partial charge in [0.05, 0.1) is 11.4 Å². The van der Waals surface area contributed by atoms with E-state index in [1.165, 1.54) is 28.7 Å². The Morgan fingerprint density at radius 2 is 1.91 bits per heavy atom. The summed E-state index contributed by atoms with van der Waals surface area (Å²) in [4.78, 5) is 22.4. The third-order valence-electron chi connectivity index (χ3n) is 4.64. The number of hydrogen-bond acceptors (Lipinski definition) is 7. The first kappa shape index (κ1) is 22.0. The van der Waals surface area contributed by atoms with E-state index in [4.69, 9.17) is 4.74 Å². The maximum atomic E-state index is 12.4. The molecule has 2 aromatic carbocycles. The Kier molecular flexibility index (Phi) is 7.18. The van der Waals surface area contributed by atoms with E-state index in [0.717, 1.165) is 28.3 Å². The Morgan fingerprint density at radius 3 is 2.66 bits per heavy atom. The summed E-state index contributed by atoms with van der Waals surface area (Å²) >= 11 is 2.72. The molecule has 0 saturated heterocycles. The third kappa shape index (κ3) is 5.74. The standard InChI is InChI=1S/C23H23N5O2S2/c1-3-16-9-11-18(12-10-16)30-13-19-24-23(28-27-19)31-14-20(29)25-22-26-21(15(2)32-22)17-7-5-4-6-8-17/h4-12H,3,13-14H2,1-2H3,(H,24,27,28)(H,25,26,29). The van der Waals surface area contributed by atoms with Crippen LogP contribution in [0.15, 0.2) is 59.8 Å². The molecular formula is C23H23N5O2S2. The Balaban J connectivity index is 1.26. The van der Waals surface area contributed by atoms with Crippen molar-refractivity contribution in [3.05, 3.63) is 70.9 Å². The summed E-state index contributed by atoms with van der Waals surface area (Å²) in [6, 6.07) is 17.9. The van der Waals surface area contributed by atoms with E-state index < -0.39 is 0 Å². The van der Waals surface area contributed by atoms with Crippen LogP contribution in [0.3, 0.4) is 0 Å². The van der Waals surface area contributed by atoms with Crippen molar-refractivity contribution in [2.24, 2.45) is 0 Å². The number of H-pyrrole nitrogens is 1. The number of aryl methyl sites for hydroxylation is 2. The molecule has 0 atom stereocenters. The zero-order valence-corrected chi connectivity index (χ0v) is 19.4. The number of ether oxygens (including phenoxy) is 1. The molecule has 2 N–H and O–H groups in total. The zero-order valence-electron chi connectivity index (χ0n) is 17.8. The van der Waals surface area contributed by atoms with Crippen molar-refractivity contribution >= 4 is 34.1 Å². The summed E-state index contributed by atoms with van der Waals surface area (Å²) in [6.45, 7) is 4.40. The fourth-order valence-electron chi connectivity index (χ4n) is 2.98. The first-order valence-corrected chi connectivity index (χ1v) is 12.0. The highest BCUT2D eigenvalue weighted by Gasteiger charge is 2.13. The number of rotatable bonds is 9. The van der Waals surface area contributed by atoms with Gasteiger partial charge in [-0.15, -0.1) is 16.4 Å². The highest BCUT2D eigenvalue weighted by atomic mass is 32.2. The van der Waals surface area contributed by atoms with Crippen molar-refractivity contribution in [3.63, 3.8) is 0 Å². The zero-order chi connectivity index (χ0) is 22.3. The largest absolute Gasteiger partial charge is 0.486 e. The van der Waals surface area contributed by atoms with Crippen LogP contribution >= 0.6 is 23.1 Å². The summed E-state index contributed by atoms with van der Waals surface area (Å²) < 4.78 is 5.73. The van der Waals surface area contributed by atoms with Crippen LogP contribution in [0.1, 0.15) is 23.2 Å². The number of aromatic amines is 1. The smallest absolute Gasteiger partial charge is 0.236 e. The summed E-state index contributed by atoms with van der Waals surface area (Å²) in [6.07, 6.45) is 0.993. The predicted molar refractivity (Wildman–Crippen MR) is 128 cm³/mol. The number of anilines is 1. The lowest BCUT2D eigenvalue weighted by Gasteiger charge is -2.04. The quantitative estimate of drug-likeness (QED) is 0.334. The second-order valence-electron chi connectivity index (χ2n) is 6.98. The number of carbonyl (C=O) groups is 1. The minimum absolute atomic E-state index is 0.151. The first-order valence-electron chi connectivity index (χ1n) is 10.2. The predicted octanol–water partition coefficient (Wildman–Crippen LogP) is 5.11. The van der Waals surface area contributed by atoms with E-state index >= 15 is 0 Å². The number of amides is 1. The molecule has 0 unspecified atom stereocenters. The van der Waals surface area contributed by atoms with E-state index in [1.54, 1.807) is 0 Å². The molecule has 4 rings (SSSR count). The summed E-state index contributed by atoms with van der Waals surface area (Å²) in [7, 11) is 0. The Hall–Kier alpha value is -3.17. The molecule has 2 heterocycles. The van der Waals surface area contributed by atoms with Gasteiger partial charge in [0, 0.05) is 10.4 Å². The average Bonchev–Trinajstić information content (AvgIpc) is 3.43. The Morgan fingerprint density at radius 1 is 1.12 bits per heavy atom. The molecule has 0 fully saturated rings. The molecule has 7 nitrogen and oxygen atoms in total. The molecular weight excluding hydrogens is 442 g/mol. The third-order valence-corrected chi connectivity index (χ3v) is 6.37. The Bertz CT molecular complexity index is 1170. The number of nitrogens with one attached hydrogen (secondary N) is 2. The number of hydrogen-bond donors (Lipinski definition) is 2. The lowest BCUT2D eigenvalue weighted by atomic mass is 10.1. The summed E-state index contributed by atoms with van der Waals surface area (Å²) in [5, 5.41) is 11.0. The molecule has 164 valence electrons. The van der Waals surface area contributed by atoms with Gasteiger partial charge in [0.25, 0.3) is 0 Å². The maximum Gasteiger partial charge on any atom is 0.236 e. The summed E-state index contributed by atoms with van der Waals surface area (Å²) in [5.74, 6) is 1.42. The number of carbonyl (C=O) groups excluding carboxylic acids is 1. The Labute approximate surface area is 194 Å². The lowest BCUT2D eigenvalue weighted by Crippen LogP contribution is -2.13. The first-order chi connectivity index (χ1) is 15.6. The van der Waals surface area contributed by atoms with Gasteiger partial charge in [-0.3, -0.25) is 9.89 Å². The van der Waals surface area contributed by atoms with Gasteiger partial charge in [-0.1, -0.05) is 61.2 Å². The van der Waals surface area contributed by atoms with Crippen LogP contribution in [-0.2, 0) is 17.8 Å². The fraction of sp³-hybridized carbons (Fsp3) is 0.217. The van der Waals surface area contributed by atoms with Crippen LogP contribution < -0.4 is 10.1 Å². The van der Waals surface area contributed by atoms with Gasteiger partial charge in [0.15, 0.2) is 11.0 Å². The van der Waals surface area contributed by atoms with Gasteiger partial charge in [-0.2, -0.15) is 0 Å². The summed E-state index contributed by atoms with van der Waals surface area (Å²) in [5.41, 5.74) is 3.19. The maximum absolute atomic E-state index is 12.4. The van der Waals surface area contributed by atoms with Crippen LogP contribution in [0.25, 0.3) is 11.3 Å². The van der Waals surface area contributed by atoms with Crippen molar-refractivity contribution in [1.29, 1.82) is 0 Å². The van der Waals surface area contributed by atoms with E-state index in [-0.39, 0.29) is 18.3 Å². The lowest BCUT2D eigenvalue weighted by molar-refractivity contribution is -0.113. The highest BCUT2D eigenvalue weighted by Crippen LogP contribution is 2.30. The normalized spacial score (nSPS) is 10.8. The van der Waals surface area contributed by atoms with E-state index in [0.29, 0.717) is 16.1 Å². The number of aromatic nitrogens is 4. The molecule has 0 aliphatic rings. The van der Waals surface area contributed by atoms with Crippen LogP contribution in [0.2, 0.25) is 0 Å². The van der Waals surface area contributed by atoms with Crippen LogP contribution in [0, 0.1) is 6.92 Å². The van der Waals surface area contributed by atoms with Crippen molar-refractivity contribution in [3.8, 4) is 17.0 Å². The van der Waals surface area contributed by atoms with Gasteiger partial charge in [0.2, 0.25) is 11.1 Å². The molecule has 32 heavy (non-hydrogen) atoms. The molecule has 0 radical (unpaired) electrons. The van der Waals surface area contributed by atoms with Crippen LogP contribution in [-0.4, -0.2) is 31.8 Å². The molecule has 4 aromatic rings. The minimum atomic E-state index is -0.151. The molecule has 9 heteroatoms. The number of thioether (sulfide) groups is 1. The van der Waals surface area contributed by atoms with Gasteiger partial charge >= 0.3 is 0 Å². The van der Waals surface area contributed by atoms with Gasteiger partial charge < -0.3 is 10.1 Å². The van der Waals surface area contributed by atoms with Crippen LogP contribution in [0.4, 0.5) is 5.13 Å². The van der Waals surface area contributed by atoms with E-state index in [9.17, 15) is 4.79 Å². The second kappa shape index (κ2) is 10.4. The van der Waals surface area contributed by atoms with Crippen molar-refractivity contribution < 1.29 is 9.53 Å². The highest BCUT2D eigenvalue weighted by molar-refractivity contribution is 7.99. The van der Waals surface area contributed by atoms with Gasteiger partial charge in [0.1, 0.15) is 12.4 Å². The molecule has 0 saturated carbocycles. The monoisotopic (exact) mass is 465 g/mol. The SMILES string of the molecule is CCc1ccc(OCc2nc(SCC(=O)Nc3nc(-c4ccccc4)c(C)s3)n[nH]2)cc1. The second-order valence-corrected chi connectivity index (χ2v) is 9.12. The van der Waals surface area contributed by atoms with Crippen molar-refractivity contribution in [2.45, 2.75) is 32.0 Å². The van der Waals surface area contributed by atoms with Crippen molar-refractivity contribution in [2.75, 3.05) is 11.1 Å². The van der Waals surface area contributed by atoms with Gasteiger partial charge in [-0.05, 0) is 31.0 Å². The minimum Gasteiger partial charge on any atom is -0.486 e. The topological polar surface area (TPSA) is 92.8 Å². The molecule has 1 amide bonds. The molecule has 0 aliphatic heterocycles. The van der Waals surface area contributed by atoms with E-state index in [1.807, 2.05) is 61.5 Å². The fourth-order valence-corrected chi connectivity index (χ4v) is 4.45. The van der Waals surface area contributed by atoms with E-state index in [2.05, 4.69) is 32.4 Å². The molecule has 0 aliphatic carbocycles. The number of benzene rings is 2. The van der Waals surface area contributed by atoms with Crippen molar-refractivity contribution in [1.82, 2.24) is 20.2 Å². The average molecular weight is 466 g/mol. The van der Waals surface area contributed by atoms with Crippen LogP contribution in [0.5, 0.6) is 5.75 Å². The van der Waals surface area contributed by atoms with Gasteiger partial charge in [-0.25, -0.2) is 9.97 Å². The number of thiazole rings is 1. The molecule has 2 aromatic heterocycles. The molecule has 0 spiro atoms. The molecule has 0 bridgehead atoms.